The SMILES string of the molecule is Nc1cnc(-c2ccc(C3CCC3)c(OCc3nc4ccccc4s3)c2F)cn1.O=C(O)C(F)(F)F. The number of carboxylic acids is 1. The molecular formula is C24H20F4N4O3S. The Kier molecular flexibility index (Phi) is 7.34. The first kappa shape index (κ1) is 25.3. The zero-order valence-corrected chi connectivity index (χ0v) is 19.4. The molecule has 1 saturated carbocycles. The number of benzene rings is 2. The van der Waals surface area contributed by atoms with Gasteiger partial charge in [0.2, 0.25) is 0 Å². The van der Waals surface area contributed by atoms with Crippen LogP contribution in [0.15, 0.2) is 48.8 Å². The number of hydrogen-bond acceptors (Lipinski definition) is 7. The van der Waals surface area contributed by atoms with E-state index in [4.69, 9.17) is 20.4 Å². The van der Waals surface area contributed by atoms with E-state index in [1.54, 1.807) is 17.4 Å². The van der Waals surface area contributed by atoms with Gasteiger partial charge in [-0.15, -0.1) is 11.3 Å². The number of para-hydroxylation sites is 1. The van der Waals surface area contributed by atoms with Gasteiger partial charge in [0.05, 0.1) is 28.3 Å². The van der Waals surface area contributed by atoms with Crippen molar-refractivity contribution < 1.29 is 32.2 Å². The molecule has 2 aromatic heterocycles. The molecule has 0 unspecified atom stereocenters. The maximum atomic E-state index is 15.5. The number of rotatable bonds is 5. The van der Waals surface area contributed by atoms with Gasteiger partial charge < -0.3 is 15.6 Å². The lowest BCUT2D eigenvalue weighted by atomic mass is 9.79. The van der Waals surface area contributed by atoms with Crippen molar-refractivity contribution in [2.45, 2.75) is 38.0 Å². The number of fused-ring (bicyclic) bond motifs is 1. The molecule has 188 valence electrons. The van der Waals surface area contributed by atoms with E-state index in [0.717, 1.165) is 40.1 Å². The van der Waals surface area contributed by atoms with Crippen LogP contribution >= 0.6 is 11.3 Å². The molecule has 1 fully saturated rings. The summed E-state index contributed by atoms with van der Waals surface area (Å²) in [6.45, 7) is 0.229. The van der Waals surface area contributed by atoms with Crippen molar-refractivity contribution in [3.05, 3.63) is 65.2 Å². The lowest BCUT2D eigenvalue weighted by molar-refractivity contribution is -0.192. The van der Waals surface area contributed by atoms with Crippen molar-refractivity contribution in [3.63, 3.8) is 0 Å². The minimum atomic E-state index is -5.08. The molecule has 0 atom stereocenters. The average Bonchev–Trinajstić information content (AvgIpc) is 3.21. The van der Waals surface area contributed by atoms with Crippen LogP contribution in [-0.4, -0.2) is 32.2 Å². The maximum Gasteiger partial charge on any atom is 0.490 e. The Morgan fingerprint density at radius 3 is 2.44 bits per heavy atom. The summed E-state index contributed by atoms with van der Waals surface area (Å²) in [7, 11) is 0. The molecule has 0 bridgehead atoms. The highest BCUT2D eigenvalue weighted by Gasteiger charge is 2.38. The minimum absolute atomic E-state index is 0.229. The van der Waals surface area contributed by atoms with Crippen molar-refractivity contribution in [1.29, 1.82) is 0 Å². The molecule has 0 spiro atoms. The third-order valence-corrected chi connectivity index (χ3v) is 6.55. The van der Waals surface area contributed by atoms with Crippen LogP contribution in [0.3, 0.4) is 0 Å². The third-order valence-electron chi connectivity index (χ3n) is 5.54. The predicted octanol–water partition coefficient (Wildman–Crippen LogP) is 5.95. The summed E-state index contributed by atoms with van der Waals surface area (Å²) >= 11 is 1.56. The van der Waals surface area contributed by atoms with Gasteiger partial charge in [-0.2, -0.15) is 13.2 Å². The van der Waals surface area contributed by atoms with E-state index in [2.05, 4.69) is 15.0 Å². The normalized spacial score (nSPS) is 13.6. The van der Waals surface area contributed by atoms with E-state index in [-0.39, 0.29) is 6.61 Å². The van der Waals surface area contributed by atoms with Crippen molar-refractivity contribution in [3.8, 4) is 17.0 Å². The van der Waals surface area contributed by atoms with E-state index >= 15 is 4.39 Å². The maximum absolute atomic E-state index is 15.5. The highest BCUT2D eigenvalue weighted by molar-refractivity contribution is 7.18. The summed E-state index contributed by atoms with van der Waals surface area (Å²) in [5.74, 6) is -2.24. The van der Waals surface area contributed by atoms with Crippen molar-refractivity contribution >= 4 is 33.3 Å². The van der Waals surface area contributed by atoms with Crippen LogP contribution in [0.25, 0.3) is 21.5 Å². The second kappa shape index (κ2) is 10.4. The summed E-state index contributed by atoms with van der Waals surface area (Å²) < 4.78 is 54.4. The van der Waals surface area contributed by atoms with E-state index < -0.39 is 18.0 Å². The van der Waals surface area contributed by atoms with E-state index in [9.17, 15) is 13.2 Å². The summed E-state index contributed by atoms with van der Waals surface area (Å²) in [6, 6.07) is 11.6. The zero-order chi connectivity index (χ0) is 25.9. The van der Waals surface area contributed by atoms with Crippen molar-refractivity contribution in [1.82, 2.24) is 15.0 Å². The van der Waals surface area contributed by atoms with Gasteiger partial charge in [0.15, 0.2) is 11.6 Å². The molecule has 2 heterocycles. The first-order valence-corrected chi connectivity index (χ1v) is 11.6. The fourth-order valence-electron chi connectivity index (χ4n) is 3.55. The lowest BCUT2D eigenvalue weighted by Crippen LogP contribution is -2.21. The quantitative estimate of drug-likeness (QED) is 0.313. The Morgan fingerprint density at radius 1 is 1.14 bits per heavy atom. The van der Waals surface area contributed by atoms with E-state index in [0.29, 0.717) is 28.7 Å². The van der Waals surface area contributed by atoms with Crippen LogP contribution in [0.5, 0.6) is 5.75 Å². The van der Waals surface area contributed by atoms with Gasteiger partial charge in [0, 0.05) is 11.1 Å². The molecule has 12 heteroatoms. The van der Waals surface area contributed by atoms with Crippen LogP contribution < -0.4 is 10.5 Å². The van der Waals surface area contributed by atoms with Crippen LogP contribution in [0.2, 0.25) is 0 Å². The fourth-order valence-corrected chi connectivity index (χ4v) is 4.43. The van der Waals surface area contributed by atoms with Crippen molar-refractivity contribution in [2.24, 2.45) is 0 Å². The number of nitrogens with zero attached hydrogens (tertiary/aromatic N) is 3. The number of alkyl halides is 3. The second-order valence-corrected chi connectivity index (χ2v) is 9.08. The molecule has 3 N–H and O–H groups in total. The highest BCUT2D eigenvalue weighted by Crippen LogP contribution is 2.44. The predicted molar refractivity (Wildman–Crippen MR) is 126 cm³/mol. The van der Waals surface area contributed by atoms with Gasteiger partial charge >= 0.3 is 12.1 Å². The second-order valence-electron chi connectivity index (χ2n) is 7.97. The molecule has 0 aliphatic heterocycles. The van der Waals surface area contributed by atoms with Crippen LogP contribution in [0.1, 0.15) is 35.8 Å². The molecule has 2 aromatic carbocycles. The average molecular weight is 521 g/mol. The molecule has 4 aromatic rings. The number of aromatic nitrogens is 3. The highest BCUT2D eigenvalue weighted by atomic mass is 32.1. The van der Waals surface area contributed by atoms with Gasteiger partial charge in [-0.1, -0.05) is 24.6 Å². The number of nitrogens with two attached hydrogens (primary N) is 1. The molecule has 5 rings (SSSR count). The van der Waals surface area contributed by atoms with Crippen LogP contribution in [0, 0.1) is 5.82 Å². The Balaban J connectivity index is 0.000000384. The number of hydrogen-bond donors (Lipinski definition) is 2. The minimum Gasteiger partial charge on any atom is -0.483 e. The number of carboxylic acid groups (broad SMARTS) is 1. The Hall–Kier alpha value is -3.80. The topological polar surface area (TPSA) is 111 Å². The zero-order valence-electron chi connectivity index (χ0n) is 18.6. The first-order valence-electron chi connectivity index (χ1n) is 10.8. The smallest absolute Gasteiger partial charge is 0.483 e. The summed E-state index contributed by atoms with van der Waals surface area (Å²) in [5.41, 5.74) is 8.25. The standard InChI is InChI=1S/C22H19FN4OS.C2HF3O2/c23-21-15(17-10-26-19(24)11-25-17)9-8-14(13-4-3-5-13)22(21)28-12-20-27-16-6-1-2-7-18(16)29-20;3-2(4,5)1(6)7/h1-2,6-11,13H,3-5,12H2,(H2,24,26);(H,6,7). The monoisotopic (exact) mass is 520 g/mol. The number of anilines is 1. The number of nitrogen functional groups attached to an aromatic ring is 1. The van der Waals surface area contributed by atoms with Crippen LogP contribution in [0.4, 0.5) is 23.4 Å². The van der Waals surface area contributed by atoms with E-state index in [1.165, 1.54) is 12.4 Å². The van der Waals surface area contributed by atoms with Crippen molar-refractivity contribution in [2.75, 3.05) is 5.73 Å². The molecule has 0 amide bonds. The number of thiazole rings is 1. The summed E-state index contributed by atoms with van der Waals surface area (Å²) in [4.78, 5) is 21.7. The van der Waals surface area contributed by atoms with Gasteiger partial charge in [-0.3, -0.25) is 4.98 Å². The van der Waals surface area contributed by atoms with E-state index in [1.807, 2.05) is 30.3 Å². The summed E-state index contributed by atoms with van der Waals surface area (Å²) in [6.07, 6.45) is 1.09. The number of ether oxygens (including phenoxy) is 1. The van der Waals surface area contributed by atoms with Gasteiger partial charge in [-0.05, 0) is 37.0 Å². The largest absolute Gasteiger partial charge is 0.490 e. The number of halogens is 4. The lowest BCUT2D eigenvalue weighted by Gasteiger charge is -2.28. The Bertz CT molecular complexity index is 1340. The molecule has 1 aliphatic rings. The van der Waals surface area contributed by atoms with Gasteiger partial charge in [0.25, 0.3) is 0 Å². The molecule has 0 radical (unpaired) electrons. The Morgan fingerprint density at radius 2 is 1.86 bits per heavy atom. The number of aliphatic carboxylic acids is 1. The van der Waals surface area contributed by atoms with Crippen LogP contribution in [-0.2, 0) is 11.4 Å². The molecule has 7 nitrogen and oxygen atoms in total. The van der Waals surface area contributed by atoms with Gasteiger partial charge in [0.1, 0.15) is 17.4 Å². The molecule has 0 saturated heterocycles. The van der Waals surface area contributed by atoms with Gasteiger partial charge in [-0.25, -0.2) is 19.2 Å². The summed E-state index contributed by atoms with van der Waals surface area (Å²) in [5, 5.41) is 7.95. The number of carbonyl (C=O) groups is 1. The third kappa shape index (κ3) is 5.70. The first-order chi connectivity index (χ1) is 17.1. The Labute approximate surface area is 206 Å². The molecular weight excluding hydrogens is 500 g/mol. The molecule has 1 aliphatic carbocycles. The fraction of sp³-hybridized carbons (Fsp3) is 0.250. The molecule has 36 heavy (non-hydrogen) atoms.